The van der Waals surface area contributed by atoms with Gasteiger partial charge in [-0.25, -0.2) is 9.97 Å². The molecule has 5 rings (SSSR count). The molecule has 1 aliphatic rings. The monoisotopic (exact) mass is 523 g/mol. The number of thiazole rings is 1. The Kier molecular flexibility index (Phi) is 7.75. The first-order chi connectivity index (χ1) is 18.4. The van der Waals surface area contributed by atoms with Crippen molar-refractivity contribution in [2.75, 3.05) is 31.2 Å². The van der Waals surface area contributed by atoms with Crippen LogP contribution in [0.15, 0.2) is 73.1 Å². The average molecular weight is 524 g/mol. The van der Waals surface area contributed by atoms with Crippen LogP contribution in [0.2, 0.25) is 0 Å². The minimum atomic E-state index is -1.22. The molecule has 2 aromatic carbocycles. The van der Waals surface area contributed by atoms with Gasteiger partial charge in [0.15, 0.2) is 0 Å². The summed E-state index contributed by atoms with van der Waals surface area (Å²) in [5.74, 6) is 7.13. The normalized spacial score (nSPS) is 15.9. The van der Waals surface area contributed by atoms with E-state index in [-0.39, 0.29) is 0 Å². The smallest absolute Gasteiger partial charge is 0.148 e. The van der Waals surface area contributed by atoms with Gasteiger partial charge in [-0.1, -0.05) is 54.3 Å². The molecule has 0 aliphatic carbocycles. The number of piperidine rings is 1. The van der Waals surface area contributed by atoms with E-state index in [1.165, 1.54) is 5.01 Å². The number of hydrogen-bond donors (Lipinski definition) is 3. The Morgan fingerprint density at radius 1 is 1.08 bits per heavy atom. The molecule has 2 aromatic heterocycles. The Bertz CT molecular complexity index is 1450. The summed E-state index contributed by atoms with van der Waals surface area (Å²) in [6.07, 6.45) is 6.09. The van der Waals surface area contributed by atoms with Crippen LogP contribution in [0.1, 0.15) is 47.4 Å². The molecule has 0 spiro atoms. The van der Waals surface area contributed by atoms with Crippen LogP contribution in [0.4, 0.5) is 11.5 Å². The molecule has 7 heteroatoms. The number of nitrogens with two attached hydrogens (primary N) is 1. The number of rotatable bonds is 6. The van der Waals surface area contributed by atoms with Crippen molar-refractivity contribution < 1.29 is 5.11 Å². The molecule has 0 amide bonds. The average Bonchev–Trinajstić information content (AvgIpc) is 3.43. The molecular formula is C31H33N5OS. The molecule has 0 radical (unpaired) electrons. The quantitative estimate of drug-likeness (QED) is 0.291. The van der Waals surface area contributed by atoms with E-state index in [4.69, 9.17) is 10.7 Å². The van der Waals surface area contributed by atoms with E-state index in [1.54, 1.807) is 18.3 Å². The number of aliphatic hydroxyl groups is 1. The van der Waals surface area contributed by atoms with Crippen molar-refractivity contribution in [2.45, 2.75) is 37.8 Å². The second kappa shape index (κ2) is 11.4. The van der Waals surface area contributed by atoms with Gasteiger partial charge in [-0.05, 0) is 69.2 Å². The van der Waals surface area contributed by atoms with E-state index in [0.717, 1.165) is 58.7 Å². The van der Waals surface area contributed by atoms with E-state index in [9.17, 15) is 5.11 Å². The van der Waals surface area contributed by atoms with Crippen LogP contribution in [0.5, 0.6) is 0 Å². The van der Waals surface area contributed by atoms with Crippen LogP contribution < -0.4 is 11.1 Å². The predicted molar refractivity (Wildman–Crippen MR) is 156 cm³/mol. The van der Waals surface area contributed by atoms with Crippen molar-refractivity contribution in [1.29, 1.82) is 0 Å². The first-order valence-corrected chi connectivity index (χ1v) is 13.7. The second-order valence-electron chi connectivity index (χ2n) is 10.0. The lowest BCUT2D eigenvalue weighted by Gasteiger charge is -2.27. The fourth-order valence-electron chi connectivity index (χ4n) is 4.60. The zero-order valence-corrected chi connectivity index (χ0v) is 22.6. The van der Waals surface area contributed by atoms with Gasteiger partial charge in [0.2, 0.25) is 0 Å². The molecule has 1 atom stereocenters. The first-order valence-electron chi connectivity index (χ1n) is 12.9. The van der Waals surface area contributed by atoms with Gasteiger partial charge in [-0.2, -0.15) is 0 Å². The predicted octanol–water partition coefficient (Wildman–Crippen LogP) is 5.47. The molecule has 194 valence electrons. The second-order valence-corrected chi connectivity index (χ2v) is 11.1. The first kappa shape index (κ1) is 25.9. The number of pyridine rings is 1. The van der Waals surface area contributed by atoms with Crippen molar-refractivity contribution in [3.05, 3.63) is 94.8 Å². The number of hydrogen-bond acceptors (Lipinski definition) is 7. The Balaban J connectivity index is 1.27. The van der Waals surface area contributed by atoms with Crippen molar-refractivity contribution in [1.82, 2.24) is 14.9 Å². The van der Waals surface area contributed by atoms with E-state index < -0.39 is 5.60 Å². The summed E-state index contributed by atoms with van der Waals surface area (Å²) in [4.78, 5) is 12.7. The largest absolute Gasteiger partial charge is 0.382 e. The van der Waals surface area contributed by atoms with Gasteiger partial charge in [0.25, 0.3) is 0 Å². The number of nitrogen functional groups attached to an aromatic ring is 1. The Hall–Kier alpha value is -3.70. The fourth-order valence-corrected chi connectivity index (χ4v) is 5.67. The summed E-state index contributed by atoms with van der Waals surface area (Å²) < 4.78 is 0. The lowest BCUT2D eigenvalue weighted by Crippen LogP contribution is -2.29. The fraction of sp³-hybridized carbons (Fsp3) is 0.290. The van der Waals surface area contributed by atoms with Gasteiger partial charge in [-0.3, -0.25) is 0 Å². The molecule has 6 nitrogen and oxygen atoms in total. The highest BCUT2D eigenvalue weighted by Crippen LogP contribution is 2.36. The lowest BCUT2D eigenvalue weighted by molar-refractivity contribution is 0.122. The van der Waals surface area contributed by atoms with E-state index in [1.807, 2.05) is 67.0 Å². The van der Waals surface area contributed by atoms with E-state index >= 15 is 0 Å². The maximum Gasteiger partial charge on any atom is 0.148 e. The number of nitrogens with one attached hydrogen (secondary N) is 1. The van der Waals surface area contributed by atoms with Gasteiger partial charge in [-0.15, -0.1) is 11.3 Å². The third kappa shape index (κ3) is 6.22. The number of nitrogens with zero attached hydrogens (tertiary/aromatic N) is 3. The summed E-state index contributed by atoms with van der Waals surface area (Å²) in [7, 11) is 2.18. The number of likely N-dealkylation sites (tertiary alicyclic amines) is 1. The zero-order valence-electron chi connectivity index (χ0n) is 21.8. The summed E-state index contributed by atoms with van der Waals surface area (Å²) >= 11 is 1.76. The van der Waals surface area contributed by atoms with Gasteiger partial charge in [0, 0.05) is 36.0 Å². The third-order valence-electron chi connectivity index (χ3n) is 6.99. The number of anilines is 2. The van der Waals surface area contributed by atoms with Gasteiger partial charge >= 0.3 is 0 Å². The van der Waals surface area contributed by atoms with Crippen LogP contribution in [-0.4, -0.2) is 40.1 Å². The summed E-state index contributed by atoms with van der Waals surface area (Å²) in [6, 6.07) is 19.5. The van der Waals surface area contributed by atoms with Crippen molar-refractivity contribution in [3.8, 4) is 22.3 Å². The Morgan fingerprint density at radius 2 is 1.87 bits per heavy atom. The van der Waals surface area contributed by atoms with E-state index in [2.05, 4.69) is 40.2 Å². The third-order valence-corrected chi connectivity index (χ3v) is 8.20. The topological polar surface area (TPSA) is 87.3 Å². The van der Waals surface area contributed by atoms with E-state index in [0.29, 0.717) is 18.3 Å². The SMILES string of the molecule is CN1CCC(c2ncc(-c3cnc(N)c(NCc4cccc(C#CC(C)(O)c5ccccc5)c4)c3)s2)CC1. The Morgan fingerprint density at radius 3 is 2.66 bits per heavy atom. The number of benzene rings is 2. The summed E-state index contributed by atoms with van der Waals surface area (Å²) in [5, 5.41) is 15.4. The number of aromatic nitrogens is 2. The molecule has 4 N–H and O–H groups in total. The lowest BCUT2D eigenvalue weighted by atomic mass is 9.96. The molecule has 1 unspecified atom stereocenters. The minimum Gasteiger partial charge on any atom is -0.382 e. The maximum atomic E-state index is 10.8. The maximum absolute atomic E-state index is 10.8. The van der Waals surface area contributed by atoms with Gasteiger partial charge in [0.05, 0.1) is 15.6 Å². The standard InChI is InChI=1S/C31H33N5OS/c1-31(37,26-9-4-3-5-10-26)14-11-22-7-6-8-23(17-22)19-33-27-18-25(20-34-29(27)32)28-21-35-30(38-28)24-12-15-36(2)16-13-24/h3-10,17-18,20-21,24,33,37H,12-13,15-16,19H2,1-2H3,(H2,32,34). The van der Waals surface area contributed by atoms with Crippen LogP contribution in [0, 0.1) is 11.8 Å². The van der Waals surface area contributed by atoms with Crippen LogP contribution in [0.3, 0.4) is 0 Å². The molecule has 1 aliphatic heterocycles. The van der Waals surface area contributed by atoms with Crippen LogP contribution in [-0.2, 0) is 12.1 Å². The van der Waals surface area contributed by atoms with Crippen molar-refractivity contribution in [3.63, 3.8) is 0 Å². The highest BCUT2D eigenvalue weighted by atomic mass is 32.1. The molecular weight excluding hydrogens is 490 g/mol. The molecule has 1 fully saturated rings. The molecule has 1 saturated heterocycles. The van der Waals surface area contributed by atoms with Crippen molar-refractivity contribution in [2.24, 2.45) is 0 Å². The molecule has 0 bridgehead atoms. The van der Waals surface area contributed by atoms with Gasteiger partial charge in [0.1, 0.15) is 11.4 Å². The highest BCUT2D eigenvalue weighted by Gasteiger charge is 2.22. The summed E-state index contributed by atoms with van der Waals surface area (Å²) in [6.45, 7) is 4.53. The highest BCUT2D eigenvalue weighted by molar-refractivity contribution is 7.15. The van der Waals surface area contributed by atoms with Crippen LogP contribution in [0.25, 0.3) is 10.4 Å². The van der Waals surface area contributed by atoms with Crippen LogP contribution >= 0.6 is 11.3 Å². The molecule has 3 heterocycles. The van der Waals surface area contributed by atoms with Crippen molar-refractivity contribution >= 4 is 22.8 Å². The summed E-state index contributed by atoms with van der Waals surface area (Å²) in [5.41, 5.74) is 9.46. The van der Waals surface area contributed by atoms with Gasteiger partial charge < -0.3 is 21.1 Å². The zero-order chi connectivity index (χ0) is 26.5. The molecule has 38 heavy (non-hydrogen) atoms. The minimum absolute atomic E-state index is 0.462. The molecule has 0 saturated carbocycles. The Labute approximate surface area is 228 Å². The molecule has 4 aromatic rings.